The molecule has 0 spiro atoms. The van der Waals surface area contributed by atoms with E-state index in [4.69, 9.17) is 9.52 Å². The molecule has 2 aromatic heterocycles. The molecule has 5 aromatic rings. The van der Waals surface area contributed by atoms with Gasteiger partial charge < -0.3 is 4.42 Å². The Hall–Kier alpha value is -3.49. The predicted molar refractivity (Wildman–Crippen MR) is 113 cm³/mol. The number of para-hydroxylation sites is 1. The summed E-state index contributed by atoms with van der Waals surface area (Å²) in [4.78, 5) is 0.840. The van der Waals surface area contributed by atoms with E-state index in [0.29, 0.717) is 5.56 Å². The monoisotopic (exact) mass is 381 g/mol. The Balaban J connectivity index is 2.03. The van der Waals surface area contributed by atoms with Crippen molar-refractivity contribution in [3.8, 4) is 23.0 Å². The summed E-state index contributed by atoms with van der Waals surface area (Å²) in [6, 6.07) is 24.3. The molecule has 0 radical (unpaired) electrons. The Bertz CT molecular complexity index is 1350. The lowest BCUT2D eigenvalue weighted by Crippen LogP contribution is -1.98. The van der Waals surface area contributed by atoms with E-state index in [1.54, 1.807) is 6.26 Å². The Kier molecular flexibility index (Phi) is 3.92. The van der Waals surface area contributed by atoms with E-state index in [-0.39, 0.29) is 0 Å². The summed E-state index contributed by atoms with van der Waals surface area (Å²) < 4.78 is 7.66. The Morgan fingerprint density at radius 1 is 1.00 bits per heavy atom. The molecule has 0 fully saturated rings. The highest BCUT2D eigenvalue weighted by Crippen LogP contribution is 2.42. The third-order valence-corrected chi connectivity index (χ3v) is 5.65. The fraction of sp³-hybridized carbons (Fsp3) is 0.0435. The lowest BCUT2D eigenvalue weighted by Gasteiger charge is -2.08. The lowest BCUT2D eigenvalue weighted by molar-refractivity contribution is 0.608. The second-order valence-electron chi connectivity index (χ2n) is 6.37. The number of furan rings is 1. The van der Waals surface area contributed by atoms with Gasteiger partial charge in [-0.2, -0.15) is 10.4 Å². The number of nitriles is 1. The topological polar surface area (TPSA) is 54.8 Å². The van der Waals surface area contributed by atoms with Gasteiger partial charge in [-0.05, 0) is 24.5 Å². The second-order valence-corrected chi connectivity index (χ2v) is 7.19. The highest BCUT2D eigenvalue weighted by Gasteiger charge is 2.24. The van der Waals surface area contributed by atoms with Crippen LogP contribution in [0, 0.1) is 11.3 Å². The molecule has 0 aliphatic carbocycles. The van der Waals surface area contributed by atoms with Gasteiger partial charge in [-0.1, -0.05) is 48.5 Å². The Morgan fingerprint density at radius 2 is 1.71 bits per heavy atom. The van der Waals surface area contributed by atoms with E-state index in [1.807, 2.05) is 77.7 Å². The number of aromatic nitrogens is 2. The van der Waals surface area contributed by atoms with Gasteiger partial charge in [0.15, 0.2) is 0 Å². The zero-order chi connectivity index (χ0) is 19.1. The molecule has 5 heteroatoms. The molecule has 0 atom stereocenters. The summed E-state index contributed by atoms with van der Waals surface area (Å²) >= 11 is 1.52. The van der Waals surface area contributed by atoms with Crippen LogP contribution >= 0.6 is 11.8 Å². The summed E-state index contributed by atoms with van der Waals surface area (Å²) in [5, 5.41) is 16.9. The van der Waals surface area contributed by atoms with Gasteiger partial charge in [-0.3, -0.25) is 0 Å². The largest absolute Gasteiger partial charge is 0.463 e. The van der Waals surface area contributed by atoms with Gasteiger partial charge >= 0.3 is 0 Å². The molecule has 2 heterocycles. The first kappa shape index (κ1) is 16.7. The van der Waals surface area contributed by atoms with Crippen LogP contribution in [0.15, 0.2) is 82.3 Å². The van der Waals surface area contributed by atoms with Gasteiger partial charge in [0.05, 0.1) is 27.9 Å². The van der Waals surface area contributed by atoms with E-state index in [1.165, 1.54) is 11.8 Å². The zero-order valence-corrected chi connectivity index (χ0v) is 15.9. The van der Waals surface area contributed by atoms with Crippen molar-refractivity contribution < 1.29 is 4.42 Å². The van der Waals surface area contributed by atoms with Crippen LogP contribution in [0.4, 0.5) is 0 Å². The summed E-state index contributed by atoms with van der Waals surface area (Å²) in [5.74, 6) is 0. The molecule has 0 aliphatic heterocycles. The molecule has 0 aliphatic rings. The van der Waals surface area contributed by atoms with Crippen molar-refractivity contribution in [2.24, 2.45) is 0 Å². The van der Waals surface area contributed by atoms with Crippen LogP contribution in [-0.2, 0) is 0 Å². The zero-order valence-electron chi connectivity index (χ0n) is 15.1. The molecular weight excluding hydrogens is 366 g/mol. The molecule has 3 aromatic carbocycles. The van der Waals surface area contributed by atoms with Gasteiger partial charge in [0.25, 0.3) is 0 Å². The smallest absolute Gasteiger partial charge is 0.149 e. The number of fused-ring (bicyclic) bond motifs is 3. The molecular formula is C23H15N3OS. The van der Waals surface area contributed by atoms with E-state index in [2.05, 4.69) is 6.07 Å². The average Bonchev–Trinajstić information content (AvgIpc) is 3.39. The van der Waals surface area contributed by atoms with Gasteiger partial charge in [0, 0.05) is 16.3 Å². The Labute approximate surface area is 166 Å². The van der Waals surface area contributed by atoms with E-state index in [0.717, 1.165) is 43.7 Å². The van der Waals surface area contributed by atoms with Crippen LogP contribution in [0.3, 0.4) is 0 Å². The standard InChI is InChI=1S/C23H15N3OS/c1-28-23-18(14-24)21-19(17-12-13-27-22(17)23)20(15-8-4-2-5-9-15)25-26(21)16-10-6-3-7-11-16/h2-13H,1H3. The maximum absolute atomic E-state index is 10.0. The van der Waals surface area contributed by atoms with Crippen molar-refractivity contribution >= 4 is 33.6 Å². The van der Waals surface area contributed by atoms with E-state index < -0.39 is 0 Å². The van der Waals surface area contributed by atoms with Crippen molar-refractivity contribution in [1.82, 2.24) is 9.78 Å². The predicted octanol–water partition coefficient (Wildman–Crippen LogP) is 6.03. The van der Waals surface area contributed by atoms with Gasteiger partial charge in [-0.15, -0.1) is 11.8 Å². The number of benzene rings is 3. The van der Waals surface area contributed by atoms with Crippen molar-refractivity contribution in [3.63, 3.8) is 0 Å². The molecule has 0 amide bonds. The Morgan fingerprint density at radius 3 is 2.39 bits per heavy atom. The van der Waals surface area contributed by atoms with E-state index in [9.17, 15) is 5.26 Å². The number of nitrogens with zero attached hydrogens (tertiary/aromatic N) is 3. The maximum atomic E-state index is 10.0. The van der Waals surface area contributed by atoms with Crippen LogP contribution in [0.5, 0.6) is 0 Å². The molecule has 0 bridgehead atoms. The summed E-state index contributed by atoms with van der Waals surface area (Å²) in [5.41, 5.74) is 4.90. The molecule has 0 N–H and O–H groups in total. The molecule has 4 nitrogen and oxygen atoms in total. The average molecular weight is 381 g/mol. The van der Waals surface area contributed by atoms with Gasteiger partial charge in [0.1, 0.15) is 17.3 Å². The van der Waals surface area contributed by atoms with Crippen molar-refractivity contribution in [2.75, 3.05) is 6.26 Å². The third-order valence-electron chi connectivity index (χ3n) is 4.85. The molecule has 5 rings (SSSR count). The molecule has 134 valence electrons. The second kappa shape index (κ2) is 6.59. The number of thioether (sulfide) groups is 1. The minimum Gasteiger partial charge on any atom is -0.463 e. The normalized spacial score (nSPS) is 11.1. The molecule has 0 saturated carbocycles. The quantitative estimate of drug-likeness (QED) is 0.358. The third kappa shape index (κ3) is 2.35. The van der Waals surface area contributed by atoms with Crippen LogP contribution in [0.1, 0.15) is 5.56 Å². The first-order valence-electron chi connectivity index (χ1n) is 8.84. The lowest BCUT2D eigenvalue weighted by atomic mass is 10.0. The van der Waals surface area contributed by atoms with Crippen molar-refractivity contribution in [2.45, 2.75) is 4.90 Å². The minimum absolute atomic E-state index is 0.587. The highest BCUT2D eigenvalue weighted by atomic mass is 32.2. The van der Waals surface area contributed by atoms with Crippen LogP contribution in [-0.4, -0.2) is 16.0 Å². The minimum atomic E-state index is 0.587. The van der Waals surface area contributed by atoms with Gasteiger partial charge in [0.2, 0.25) is 0 Å². The first-order valence-corrected chi connectivity index (χ1v) is 10.1. The first-order chi connectivity index (χ1) is 13.8. The van der Waals surface area contributed by atoms with Crippen LogP contribution in [0.25, 0.3) is 38.8 Å². The van der Waals surface area contributed by atoms with Crippen LogP contribution < -0.4 is 0 Å². The summed E-state index contributed by atoms with van der Waals surface area (Å²) in [7, 11) is 0. The van der Waals surface area contributed by atoms with E-state index >= 15 is 0 Å². The maximum Gasteiger partial charge on any atom is 0.149 e. The molecule has 0 unspecified atom stereocenters. The molecule has 28 heavy (non-hydrogen) atoms. The number of hydrogen-bond acceptors (Lipinski definition) is 4. The fourth-order valence-corrected chi connectivity index (χ4v) is 4.35. The van der Waals surface area contributed by atoms with Gasteiger partial charge in [-0.25, -0.2) is 4.68 Å². The van der Waals surface area contributed by atoms with Crippen molar-refractivity contribution in [1.29, 1.82) is 5.26 Å². The summed E-state index contributed by atoms with van der Waals surface area (Å²) in [6.45, 7) is 0. The molecule has 0 saturated heterocycles. The fourth-order valence-electron chi connectivity index (χ4n) is 3.66. The SMILES string of the molecule is CSc1c(C#N)c2c(c(-c3ccccc3)nn2-c2ccccc2)c2ccoc12. The van der Waals surface area contributed by atoms with Crippen molar-refractivity contribution in [3.05, 3.63) is 78.6 Å². The highest BCUT2D eigenvalue weighted by molar-refractivity contribution is 7.98. The number of hydrogen-bond donors (Lipinski definition) is 0. The number of rotatable bonds is 3. The summed E-state index contributed by atoms with van der Waals surface area (Å²) in [6.07, 6.45) is 3.64. The van der Waals surface area contributed by atoms with Crippen LogP contribution in [0.2, 0.25) is 0 Å².